The lowest BCUT2D eigenvalue weighted by Crippen LogP contribution is -2.36. The minimum Gasteiger partial charge on any atom is -0.368 e. The van der Waals surface area contributed by atoms with Gasteiger partial charge in [0.05, 0.1) is 21.8 Å². The van der Waals surface area contributed by atoms with Gasteiger partial charge in [0, 0.05) is 12.5 Å². The second-order valence-electron chi connectivity index (χ2n) is 9.69. The van der Waals surface area contributed by atoms with E-state index in [-0.39, 0.29) is 22.3 Å². The summed E-state index contributed by atoms with van der Waals surface area (Å²) in [5, 5.41) is 9.99. The fraction of sp³-hybridized carbons (Fsp3) is 0.739. The first-order valence-electron chi connectivity index (χ1n) is 10.4. The molecule has 3 atom stereocenters. The van der Waals surface area contributed by atoms with E-state index in [1.165, 1.54) is 0 Å². The fourth-order valence-electron chi connectivity index (χ4n) is 2.76. The molecule has 2 N–H and O–H groups in total. The summed E-state index contributed by atoms with van der Waals surface area (Å²) in [6.45, 7) is 16.6. The van der Waals surface area contributed by atoms with Gasteiger partial charge in [-0.05, 0) is 64.0 Å². The van der Waals surface area contributed by atoms with Crippen molar-refractivity contribution in [2.75, 3.05) is 0 Å². The van der Waals surface area contributed by atoms with Gasteiger partial charge < -0.3 is 9.84 Å². The molecule has 1 rings (SSSR count). The van der Waals surface area contributed by atoms with E-state index in [9.17, 15) is 9.32 Å². The van der Waals surface area contributed by atoms with Crippen LogP contribution in [0.5, 0.6) is 0 Å². The first-order chi connectivity index (χ1) is 12.8. The molecule has 0 spiro atoms. The Morgan fingerprint density at radius 2 is 1.68 bits per heavy atom. The summed E-state index contributed by atoms with van der Waals surface area (Å²) in [4.78, 5) is 0. The van der Waals surface area contributed by atoms with Crippen LogP contribution in [-0.4, -0.2) is 26.5 Å². The number of hydrogen-bond donors (Lipinski definition) is 2. The van der Waals surface area contributed by atoms with Gasteiger partial charge in [-0.15, -0.1) is 0 Å². The predicted octanol–water partition coefficient (Wildman–Crippen LogP) is 5.28. The SMILES string of the molecule is CCC(C)(C)CCC(NS(=O)C(C)(C)C)c1ccc(CC(O)OC(C)C)cc1. The van der Waals surface area contributed by atoms with E-state index in [0.29, 0.717) is 6.42 Å². The molecule has 0 aliphatic heterocycles. The van der Waals surface area contributed by atoms with Crippen molar-refractivity contribution in [3.05, 3.63) is 35.4 Å². The van der Waals surface area contributed by atoms with Gasteiger partial charge in [0.25, 0.3) is 0 Å². The van der Waals surface area contributed by atoms with Crippen LogP contribution in [0, 0.1) is 5.41 Å². The second kappa shape index (κ2) is 10.9. The van der Waals surface area contributed by atoms with Crippen molar-refractivity contribution < 1.29 is 14.1 Å². The average molecular weight is 412 g/mol. The maximum Gasteiger partial charge on any atom is 0.158 e. The highest BCUT2D eigenvalue weighted by Crippen LogP contribution is 2.31. The summed E-state index contributed by atoms with van der Waals surface area (Å²) < 4.78 is 21.2. The van der Waals surface area contributed by atoms with E-state index >= 15 is 0 Å². The van der Waals surface area contributed by atoms with Crippen LogP contribution in [-0.2, 0) is 22.1 Å². The summed E-state index contributed by atoms with van der Waals surface area (Å²) in [5.41, 5.74) is 2.43. The molecule has 0 aliphatic rings. The van der Waals surface area contributed by atoms with Crippen LogP contribution < -0.4 is 4.72 Å². The van der Waals surface area contributed by atoms with Crippen LogP contribution in [0.1, 0.15) is 91.8 Å². The van der Waals surface area contributed by atoms with Crippen molar-refractivity contribution in [2.45, 2.75) is 104 Å². The predicted molar refractivity (Wildman–Crippen MR) is 119 cm³/mol. The molecular weight excluding hydrogens is 370 g/mol. The normalized spacial score (nSPS) is 16.2. The highest BCUT2D eigenvalue weighted by atomic mass is 32.2. The molecule has 0 radical (unpaired) electrons. The number of ether oxygens (including phenoxy) is 1. The van der Waals surface area contributed by atoms with Gasteiger partial charge in [-0.25, -0.2) is 8.93 Å². The quantitative estimate of drug-likeness (QED) is 0.487. The van der Waals surface area contributed by atoms with E-state index < -0.39 is 17.3 Å². The Hall–Kier alpha value is -0.750. The minimum absolute atomic E-state index is 0.00264. The standard InChI is InChI=1S/C23H41NO3S/c1-9-23(7,8)15-14-20(24-28(26)22(4,5)6)19-12-10-18(11-13-19)16-21(25)27-17(2)3/h10-13,17,20-21,24-25H,9,14-16H2,1-8H3. The van der Waals surface area contributed by atoms with Gasteiger partial charge in [0.15, 0.2) is 6.29 Å². The van der Waals surface area contributed by atoms with E-state index in [0.717, 1.165) is 30.4 Å². The lowest BCUT2D eigenvalue weighted by Gasteiger charge is -2.29. The molecule has 0 aliphatic carbocycles. The van der Waals surface area contributed by atoms with E-state index in [4.69, 9.17) is 4.74 Å². The molecule has 0 amide bonds. The average Bonchev–Trinajstić information content (AvgIpc) is 2.57. The molecule has 0 aromatic heterocycles. The van der Waals surface area contributed by atoms with Crippen molar-refractivity contribution in [3.63, 3.8) is 0 Å². The molecule has 0 fully saturated rings. The molecule has 1 aromatic rings. The zero-order chi connectivity index (χ0) is 21.5. The maximum absolute atomic E-state index is 12.7. The smallest absolute Gasteiger partial charge is 0.158 e. The number of benzene rings is 1. The molecular formula is C23H41NO3S. The molecule has 28 heavy (non-hydrogen) atoms. The van der Waals surface area contributed by atoms with Gasteiger partial charge in [-0.1, -0.05) is 51.5 Å². The topological polar surface area (TPSA) is 58.6 Å². The third-order valence-electron chi connectivity index (χ3n) is 5.09. The first-order valence-corrected chi connectivity index (χ1v) is 11.6. The monoisotopic (exact) mass is 411 g/mol. The van der Waals surface area contributed by atoms with Gasteiger partial charge in [-0.2, -0.15) is 0 Å². The van der Waals surface area contributed by atoms with Crippen LogP contribution in [0.3, 0.4) is 0 Å². The number of aliphatic hydroxyl groups is 1. The van der Waals surface area contributed by atoms with Crippen LogP contribution in [0.2, 0.25) is 0 Å². The summed E-state index contributed by atoms with van der Waals surface area (Å²) in [6, 6.07) is 8.25. The molecule has 0 saturated heterocycles. The molecule has 4 nitrogen and oxygen atoms in total. The first kappa shape index (κ1) is 25.3. The summed E-state index contributed by atoms with van der Waals surface area (Å²) in [7, 11) is -1.13. The Bertz CT molecular complexity index is 605. The summed E-state index contributed by atoms with van der Waals surface area (Å²) in [6.07, 6.45) is 2.78. The van der Waals surface area contributed by atoms with Crippen molar-refractivity contribution in [2.24, 2.45) is 5.41 Å². The van der Waals surface area contributed by atoms with Gasteiger partial charge in [-0.3, -0.25) is 0 Å². The van der Waals surface area contributed by atoms with Crippen LogP contribution >= 0.6 is 0 Å². The second-order valence-corrected chi connectivity index (χ2v) is 11.7. The number of nitrogens with one attached hydrogen (secondary N) is 1. The minimum atomic E-state index is -1.13. The third-order valence-corrected chi connectivity index (χ3v) is 6.71. The van der Waals surface area contributed by atoms with Gasteiger partial charge in [0.1, 0.15) is 0 Å². The Morgan fingerprint density at radius 3 is 2.14 bits per heavy atom. The Kier molecular flexibility index (Phi) is 9.81. The Balaban J connectivity index is 2.91. The lowest BCUT2D eigenvalue weighted by atomic mass is 9.83. The molecule has 1 aromatic carbocycles. The van der Waals surface area contributed by atoms with Gasteiger partial charge >= 0.3 is 0 Å². The number of aliphatic hydroxyl groups excluding tert-OH is 1. The lowest BCUT2D eigenvalue weighted by molar-refractivity contribution is -0.123. The van der Waals surface area contributed by atoms with Crippen molar-refractivity contribution in [1.29, 1.82) is 0 Å². The zero-order valence-electron chi connectivity index (χ0n) is 19.0. The fourth-order valence-corrected chi connectivity index (χ4v) is 3.63. The van der Waals surface area contributed by atoms with Crippen molar-refractivity contribution in [1.82, 2.24) is 4.72 Å². The van der Waals surface area contributed by atoms with E-state index in [2.05, 4.69) is 37.6 Å². The Morgan fingerprint density at radius 1 is 1.11 bits per heavy atom. The van der Waals surface area contributed by atoms with Crippen molar-refractivity contribution in [3.8, 4) is 0 Å². The highest BCUT2D eigenvalue weighted by molar-refractivity contribution is 7.84. The van der Waals surface area contributed by atoms with Crippen LogP contribution in [0.15, 0.2) is 24.3 Å². The van der Waals surface area contributed by atoms with E-state index in [1.807, 2.05) is 46.8 Å². The van der Waals surface area contributed by atoms with Gasteiger partial charge in [0.2, 0.25) is 0 Å². The van der Waals surface area contributed by atoms with Crippen molar-refractivity contribution >= 4 is 11.0 Å². The van der Waals surface area contributed by atoms with E-state index in [1.54, 1.807) is 0 Å². The molecule has 5 heteroatoms. The third kappa shape index (κ3) is 9.17. The maximum atomic E-state index is 12.7. The summed E-state index contributed by atoms with van der Waals surface area (Å²) >= 11 is 0. The molecule has 3 unspecified atom stereocenters. The molecule has 0 bridgehead atoms. The Labute approximate surface area is 175 Å². The molecule has 0 saturated carbocycles. The largest absolute Gasteiger partial charge is 0.368 e. The van der Waals surface area contributed by atoms with Crippen LogP contribution in [0.4, 0.5) is 0 Å². The van der Waals surface area contributed by atoms with Crippen LogP contribution in [0.25, 0.3) is 0 Å². The highest BCUT2D eigenvalue weighted by Gasteiger charge is 2.25. The molecule has 162 valence electrons. The molecule has 0 heterocycles. The number of hydrogen-bond acceptors (Lipinski definition) is 3. The zero-order valence-corrected chi connectivity index (χ0v) is 19.9. The summed E-state index contributed by atoms with van der Waals surface area (Å²) in [5.74, 6) is 0. The number of rotatable bonds is 11.